The van der Waals surface area contributed by atoms with E-state index in [0.717, 1.165) is 25.1 Å². The first-order valence-corrected chi connectivity index (χ1v) is 8.93. The number of anilines is 1. The third kappa shape index (κ3) is 3.98. The van der Waals surface area contributed by atoms with Gasteiger partial charge < -0.3 is 5.32 Å². The van der Waals surface area contributed by atoms with Gasteiger partial charge in [-0.05, 0) is 45.7 Å². The van der Waals surface area contributed by atoms with Crippen LogP contribution in [0.3, 0.4) is 0 Å². The Hall–Kier alpha value is -1.72. The van der Waals surface area contributed by atoms with Crippen molar-refractivity contribution in [2.75, 3.05) is 18.4 Å². The molecule has 1 fully saturated rings. The fraction of sp³-hybridized carbons (Fsp3) is 0.444. The van der Waals surface area contributed by atoms with Crippen molar-refractivity contribution < 1.29 is 4.79 Å². The predicted octanol–water partition coefficient (Wildman–Crippen LogP) is 3.84. The minimum Gasteiger partial charge on any atom is -0.301 e. The second-order valence-electron chi connectivity index (χ2n) is 6.39. The molecule has 2 aromatic rings. The number of aromatic nitrogens is 1. The Labute approximate surface area is 141 Å². The summed E-state index contributed by atoms with van der Waals surface area (Å²) in [6, 6.07) is 7.04. The summed E-state index contributed by atoms with van der Waals surface area (Å²) in [4.78, 5) is 18.9. The number of likely N-dealkylation sites (tertiary alicyclic amines) is 1. The Kier molecular flexibility index (Phi) is 4.78. The molecule has 0 bridgehead atoms. The van der Waals surface area contributed by atoms with Crippen LogP contribution >= 0.6 is 11.3 Å². The monoisotopic (exact) mass is 329 g/mol. The van der Waals surface area contributed by atoms with Crippen LogP contribution < -0.4 is 5.32 Å². The molecule has 0 spiro atoms. The molecule has 3 rings (SSSR count). The molecule has 1 aliphatic heterocycles. The molecule has 1 unspecified atom stereocenters. The van der Waals surface area contributed by atoms with Crippen LogP contribution in [-0.4, -0.2) is 28.9 Å². The van der Waals surface area contributed by atoms with E-state index in [1.165, 1.54) is 28.0 Å². The standard InChI is InChI=1S/C18H23N3OS/c1-12-7-13(2)9-15(8-12)16-5-4-6-21(16)10-17(22)20-18-19-14(3)11-23-18/h7-9,11,16H,4-6,10H2,1-3H3,(H,19,20,22). The molecule has 4 nitrogen and oxygen atoms in total. The smallest absolute Gasteiger partial charge is 0.240 e. The number of rotatable bonds is 4. The van der Waals surface area contributed by atoms with Gasteiger partial charge in [0.25, 0.3) is 0 Å². The van der Waals surface area contributed by atoms with E-state index < -0.39 is 0 Å². The van der Waals surface area contributed by atoms with Crippen molar-refractivity contribution in [1.29, 1.82) is 0 Å². The molecule has 1 saturated heterocycles. The fourth-order valence-electron chi connectivity index (χ4n) is 3.35. The molecular formula is C18H23N3OS. The zero-order valence-electron chi connectivity index (χ0n) is 13.9. The Morgan fingerprint density at radius 3 is 2.70 bits per heavy atom. The van der Waals surface area contributed by atoms with Crippen LogP contribution in [0.2, 0.25) is 0 Å². The molecule has 1 amide bonds. The summed E-state index contributed by atoms with van der Waals surface area (Å²) in [5.74, 6) is 0.0237. The molecule has 0 aliphatic carbocycles. The zero-order chi connectivity index (χ0) is 16.4. The third-order valence-corrected chi connectivity index (χ3v) is 5.08. The Balaban J connectivity index is 1.68. The van der Waals surface area contributed by atoms with Crippen molar-refractivity contribution in [2.24, 2.45) is 0 Å². The van der Waals surface area contributed by atoms with E-state index in [9.17, 15) is 4.79 Å². The SMILES string of the molecule is Cc1cc(C)cc(C2CCCN2CC(=O)Nc2nc(C)cs2)c1. The zero-order valence-corrected chi connectivity index (χ0v) is 14.7. The van der Waals surface area contributed by atoms with E-state index in [-0.39, 0.29) is 5.91 Å². The van der Waals surface area contributed by atoms with Gasteiger partial charge >= 0.3 is 0 Å². The van der Waals surface area contributed by atoms with Crippen LogP contribution in [0, 0.1) is 20.8 Å². The highest BCUT2D eigenvalue weighted by Gasteiger charge is 2.28. The number of amides is 1. The van der Waals surface area contributed by atoms with Crippen LogP contribution in [0.15, 0.2) is 23.6 Å². The summed E-state index contributed by atoms with van der Waals surface area (Å²) in [5.41, 5.74) is 4.85. The molecule has 1 aromatic carbocycles. The van der Waals surface area contributed by atoms with Crippen LogP contribution in [0.5, 0.6) is 0 Å². The molecule has 0 radical (unpaired) electrons. The van der Waals surface area contributed by atoms with Crippen molar-refractivity contribution in [3.05, 3.63) is 46.0 Å². The highest BCUT2D eigenvalue weighted by molar-refractivity contribution is 7.13. The quantitative estimate of drug-likeness (QED) is 0.927. The average Bonchev–Trinajstić information content (AvgIpc) is 3.07. The molecule has 1 aromatic heterocycles. The Bertz CT molecular complexity index is 690. The molecule has 1 N–H and O–H groups in total. The molecule has 122 valence electrons. The number of carbonyl (C=O) groups excluding carboxylic acids is 1. The van der Waals surface area contributed by atoms with Crippen LogP contribution in [0.25, 0.3) is 0 Å². The first-order chi connectivity index (χ1) is 11.0. The topological polar surface area (TPSA) is 45.2 Å². The first kappa shape index (κ1) is 16.1. The van der Waals surface area contributed by atoms with Crippen molar-refractivity contribution >= 4 is 22.4 Å². The summed E-state index contributed by atoms with van der Waals surface area (Å²) in [5, 5.41) is 5.55. The molecule has 0 saturated carbocycles. The lowest BCUT2D eigenvalue weighted by Crippen LogP contribution is -2.33. The summed E-state index contributed by atoms with van der Waals surface area (Å²) in [6.45, 7) is 7.60. The number of thiazole rings is 1. The average molecular weight is 329 g/mol. The van der Waals surface area contributed by atoms with Gasteiger partial charge in [-0.3, -0.25) is 9.69 Å². The summed E-state index contributed by atoms with van der Waals surface area (Å²) >= 11 is 1.48. The van der Waals surface area contributed by atoms with Crippen molar-refractivity contribution in [1.82, 2.24) is 9.88 Å². The van der Waals surface area contributed by atoms with Gasteiger partial charge in [0.1, 0.15) is 0 Å². The van der Waals surface area contributed by atoms with E-state index in [1.54, 1.807) is 0 Å². The largest absolute Gasteiger partial charge is 0.301 e. The Morgan fingerprint density at radius 2 is 2.04 bits per heavy atom. The number of hydrogen-bond donors (Lipinski definition) is 1. The molecule has 5 heteroatoms. The minimum absolute atomic E-state index is 0.0237. The first-order valence-electron chi connectivity index (χ1n) is 8.05. The van der Waals surface area contributed by atoms with E-state index in [1.807, 2.05) is 12.3 Å². The fourth-order valence-corrected chi connectivity index (χ4v) is 4.05. The summed E-state index contributed by atoms with van der Waals surface area (Å²) in [7, 11) is 0. The molecular weight excluding hydrogens is 306 g/mol. The number of hydrogen-bond acceptors (Lipinski definition) is 4. The summed E-state index contributed by atoms with van der Waals surface area (Å²) in [6.07, 6.45) is 2.26. The lowest BCUT2D eigenvalue weighted by atomic mass is 9.99. The van der Waals surface area contributed by atoms with Gasteiger partial charge in [0.2, 0.25) is 5.91 Å². The van der Waals surface area contributed by atoms with Gasteiger partial charge in [0.05, 0.1) is 12.2 Å². The van der Waals surface area contributed by atoms with Gasteiger partial charge in [-0.25, -0.2) is 4.98 Å². The second-order valence-corrected chi connectivity index (χ2v) is 7.25. The van der Waals surface area contributed by atoms with Gasteiger partial charge in [-0.1, -0.05) is 29.3 Å². The van der Waals surface area contributed by atoms with E-state index in [4.69, 9.17) is 0 Å². The van der Waals surface area contributed by atoms with Gasteiger partial charge in [-0.2, -0.15) is 0 Å². The van der Waals surface area contributed by atoms with Crippen molar-refractivity contribution in [2.45, 2.75) is 39.7 Å². The second kappa shape index (κ2) is 6.81. The van der Waals surface area contributed by atoms with E-state index >= 15 is 0 Å². The number of benzene rings is 1. The number of nitrogens with one attached hydrogen (secondary N) is 1. The van der Waals surface area contributed by atoms with Gasteiger partial charge in [-0.15, -0.1) is 11.3 Å². The van der Waals surface area contributed by atoms with Crippen molar-refractivity contribution in [3.8, 4) is 0 Å². The predicted molar refractivity (Wildman–Crippen MR) is 94.9 cm³/mol. The Morgan fingerprint density at radius 1 is 1.30 bits per heavy atom. The van der Waals surface area contributed by atoms with E-state index in [0.29, 0.717) is 17.7 Å². The van der Waals surface area contributed by atoms with E-state index in [2.05, 4.69) is 47.2 Å². The highest BCUT2D eigenvalue weighted by Crippen LogP contribution is 2.32. The number of carbonyl (C=O) groups is 1. The van der Waals surface area contributed by atoms with Gasteiger partial charge in [0.15, 0.2) is 5.13 Å². The number of aryl methyl sites for hydroxylation is 3. The lowest BCUT2D eigenvalue weighted by Gasteiger charge is -2.24. The van der Waals surface area contributed by atoms with Crippen molar-refractivity contribution in [3.63, 3.8) is 0 Å². The van der Waals surface area contributed by atoms with Gasteiger partial charge in [0, 0.05) is 11.4 Å². The number of nitrogens with zero attached hydrogens (tertiary/aromatic N) is 2. The third-order valence-electron chi connectivity index (χ3n) is 4.20. The lowest BCUT2D eigenvalue weighted by molar-refractivity contribution is -0.117. The molecule has 1 aliphatic rings. The minimum atomic E-state index is 0.0237. The normalized spacial score (nSPS) is 18.3. The van der Waals surface area contributed by atoms with Crippen LogP contribution in [0.4, 0.5) is 5.13 Å². The maximum atomic E-state index is 12.3. The molecule has 1 atom stereocenters. The highest BCUT2D eigenvalue weighted by atomic mass is 32.1. The van der Waals surface area contributed by atoms with Crippen LogP contribution in [0.1, 0.15) is 41.3 Å². The molecule has 23 heavy (non-hydrogen) atoms. The summed E-state index contributed by atoms with van der Waals surface area (Å²) < 4.78 is 0. The molecule has 2 heterocycles. The maximum Gasteiger partial charge on any atom is 0.240 e. The maximum absolute atomic E-state index is 12.3. The van der Waals surface area contributed by atoms with Crippen LogP contribution in [-0.2, 0) is 4.79 Å².